The topological polar surface area (TPSA) is 66.8 Å². The fraction of sp³-hybridized carbons (Fsp3) is 0.828. The van der Waals surface area contributed by atoms with Gasteiger partial charge in [0.25, 0.3) is 0 Å². The van der Waals surface area contributed by atoms with Crippen LogP contribution in [0.5, 0.6) is 0 Å². The van der Waals surface area contributed by atoms with Crippen molar-refractivity contribution in [2.45, 2.75) is 105 Å². The zero-order valence-electron chi connectivity index (χ0n) is 21.5. The highest BCUT2D eigenvalue weighted by atomic mass is 16.5. The van der Waals surface area contributed by atoms with Crippen LogP contribution in [0.15, 0.2) is 23.3 Å². The first-order valence-electron chi connectivity index (χ1n) is 13.4. The van der Waals surface area contributed by atoms with Crippen molar-refractivity contribution in [3.05, 3.63) is 23.3 Å². The summed E-state index contributed by atoms with van der Waals surface area (Å²) in [4.78, 5) is 11.8. The van der Waals surface area contributed by atoms with Gasteiger partial charge in [-0.3, -0.25) is 4.79 Å². The number of esters is 1. The summed E-state index contributed by atoms with van der Waals surface area (Å²) in [6, 6.07) is 0. The van der Waals surface area contributed by atoms with E-state index >= 15 is 0 Å². The lowest BCUT2D eigenvalue weighted by molar-refractivity contribution is -0.153. The van der Waals surface area contributed by atoms with Crippen molar-refractivity contribution in [1.82, 2.24) is 0 Å². The fourth-order valence-corrected chi connectivity index (χ4v) is 8.75. The van der Waals surface area contributed by atoms with Crippen molar-refractivity contribution in [3.8, 4) is 0 Å². The van der Waals surface area contributed by atoms with Gasteiger partial charge in [-0.1, -0.05) is 37.1 Å². The lowest BCUT2D eigenvalue weighted by Gasteiger charge is -2.60. The van der Waals surface area contributed by atoms with Crippen molar-refractivity contribution >= 4 is 5.97 Å². The maximum absolute atomic E-state index is 11.8. The van der Waals surface area contributed by atoms with Crippen LogP contribution in [0, 0.1) is 40.4 Å². The van der Waals surface area contributed by atoms with Crippen LogP contribution in [-0.4, -0.2) is 35.0 Å². The van der Waals surface area contributed by atoms with Crippen molar-refractivity contribution < 1.29 is 19.7 Å². The maximum Gasteiger partial charge on any atom is 0.302 e. The molecule has 0 aromatic carbocycles. The molecule has 4 nitrogen and oxygen atoms in total. The molecule has 0 spiro atoms. The van der Waals surface area contributed by atoms with E-state index < -0.39 is 6.10 Å². The van der Waals surface area contributed by atoms with E-state index in [0.29, 0.717) is 36.7 Å². The summed E-state index contributed by atoms with van der Waals surface area (Å²) in [6.07, 6.45) is 13.0. The lowest BCUT2D eigenvalue weighted by Crippen LogP contribution is -2.57. The van der Waals surface area contributed by atoms with E-state index in [1.54, 1.807) is 0 Å². The normalized spacial score (nSPS) is 42.9. The Labute approximate surface area is 200 Å². The van der Waals surface area contributed by atoms with Crippen LogP contribution in [0.25, 0.3) is 0 Å². The first kappa shape index (κ1) is 25.0. The number of aliphatic hydroxyl groups is 2. The molecule has 0 aromatic heterocycles. The molecule has 9 atom stereocenters. The monoisotopic (exact) mass is 458 g/mol. The predicted octanol–water partition coefficient (Wildman–Crippen LogP) is 5.82. The summed E-state index contributed by atoms with van der Waals surface area (Å²) in [7, 11) is 0. The van der Waals surface area contributed by atoms with Crippen LogP contribution in [0.4, 0.5) is 0 Å². The lowest BCUT2D eigenvalue weighted by atomic mass is 9.46. The van der Waals surface area contributed by atoms with Crippen molar-refractivity contribution in [2.75, 3.05) is 6.61 Å². The number of fused-ring (bicyclic) bond motifs is 5. The molecule has 9 unspecified atom stereocenters. The number of hydrogen-bond acceptors (Lipinski definition) is 4. The highest BCUT2D eigenvalue weighted by Crippen LogP contribution is 2.67. The van der Waals surface area contributed by atoms with Crippen LogP contribution >= 0.6 is 0 Å². The first-order valence-corrected chi connectivity index (χ1v) is 13.4. The van der Waals surface area contributed by atoms with Crippen LogP contribution in [-0.2, 0) is 9.53 Å². The average molecular weight is 459 g/mol. The summed E-state index contributed by atoms with van der Waals surface area (Å²) in [5.74, 6) is 2.25. The van der Waals surface area contributed by atoms with Gasteiger partial charge < -0.3 is 14.9 Å². The van der Waals surface area contributed by atoms with Crippen molar-refractivity contribution in [3.63, 3.8) is 0 Å². The standard InChI is InChI=1S/C29H46O4/c1-18(2)7-6-8-19(3)23-9-10-24-27-25(12-13-28(23,24)5)29(17-33-20(4)30)14-11-22(31)15-21(29)16-26(27)32/h7,16,19,22-27,31-32H,6,8-15,17H2,1-5H3. The quantitative estimate of drug-likeness (QED) is 0.389. The molecule has 0 radical (unpaired) electrons. The van der Waals surface area contributed by atoms with Gasteiger partial charge in [-0.05, 0) is 107 Å². The third kappa shape index (κ3) is 4.47. The highest BCUT2D eigenvalue weighted by molar-refractivity contribution is 5.66. The SMILES string of the molecule is CC(=O)OCC12CCC(O)CC1=CC(O)C1C2CCC2(C)C(C(C)CCC=C(C)C)CCC12. The molecular formula is C29H46O4. The minimum Gasteiger partial charge on any atom is -0.465 e. The molecule has 4 aliphatic carbocycles. The predicted molar refractivity (Wildman–Crippen MR) is 131 cm³/mol. The van der Waals surface area contributed by atoms with E-state index in [1.807, 2.05) is 0 Å². The minimum absolute atomic E-state index is 0.205. The van der Waals surface area contributed by atoms with E-state index in [0.717, 1.165) is 31.3 Å². The average Bonchev–Trinajstić information content (AvgIpc) is 3.09. The molecule has 0 aliphatic heterocycles. The first-order chi connectivity index (χ1) is 15.6. The van der Waals surface area contributed by atoms with Gasteiger partial charge in [-0.15, -0.1) is 0 Å². The number of carbonyl (C=O) groups excluding carboxylic acids is 1. The van der Waals surface area contributed by atoms with E-state index in [9.17, 15) is 15.0 Å². The molecular weight excluding hydrogens is 412 g/mol. The zero-order chi connectivity index (χ0) is 24.0. The van der Waals surface area contributed by atoms with Crippen LogP contribution in [0.2, 0.25) is 0 Å². The Morgan fingerprint density at radius 3 is 2.61 bits per heavy atom. The Morgan fingerprint density at radius 2 is 1.91 bits per heavy atom. The Hall–Kier alpha value is -1.13. The third-order valence-electron chi connectivity index (χ3n) is 10.3. The molecule has 3 saturated carbocycles. The van der Waals surface area contributed by atoms with E-state index in [1.165, 1.54) is 38.2 Å². The molecule has 4 heteroatoms. The van der Waals surface area contributed by atoms with Gasteiger partial charge >= 0.3 is 5.97 Å². The number of ether oxygens (including phenoxy) is 1. The van der Waals surface area contributed by atoms with Crippen LogP contribution in [0.1, 0.15) is 92.4 Å². The molecule has 0 saturated heterocycles. The van der Waals surface area contributed by atoms with E-state index in [-0.39, 0.29) is 28.8 Å². The molecule has 0 bridgehead atoms. The summed E-state index contributed by atoms with van der Waals surface area (Å²) < 4.78 is 5.67. The van der Waals surface area contributed by atoms with Gasteiger partial charge in [0.05, 0.1) is 12.2 Å². The van der Waals surface area contributed by atoms with Gasteiger partial charge in [0.15, 0.2) is 0 Å². The highest BCUT2D eigenvalue weighted by Gasteiger charge is 2.62. The van der Waals surface area contributed by atoms with E-state index in [4.69, 9.17) is 4.74 Å². The molecule has 4 aliphatic rings. The van der Waals surface area contributed by atoms with Crippen molar-refractivity contribution in [1.29, 1.82) is 0 Å². The summed E-state index contributed by atoms with van der Waals surface area (Å²) >= 11 is 0. The molecule has 33 heavy (non-hydrogen) atoms. The fourth-order valence-electron chi connectivity index (χ4n) is 8.75. The number of carbonyl (C=O) groups is 1. The summed E-state index contributed by atoms with van der Waals surface area (Å²) in [6.45, 7) is 11.2. The van der Waals surface area contributed by atoms with Gasteiger partial charge in [0.1, 0.15) is 6.61 Å². The van der Waals surface area contributed by atoms with Gasteiger partial charge in [0.2, 0.25) is 0 Å². The number of aliphatic hydroxyl groups excluding tert-OH is 2. The second-order valence-corrected chi connectivity index (χ2v) is 12.4. The molecule has 4 rings (SSSR count). The molecule has 3 fully saturated rings. The maximum atomic E-state index is 11.8. The Morgan fingerprint density at radius 1 is 1.15 bits per heavy atom. The van der Waals surface area contributed by atoms with Crippen molar-refractivity contribution in [2.24, 2.45) is 40.4 Å². The smallest absolute Gasteiger partial charge is 0.302 e. The van der Waals surface area contributed by atoms with Crippen LogP contribution < -0.4 is 0 Å². The second kappa shape index (κ2) is 9.49. The Kier molecular flexibility index (Phi) is 7.18. The summed E-state index contributed by atoms with van der Waals surface area (Å²) in [5.41, 5.74) is 2.61. The molecule has 2 N–H and O–H groups in total. The number of rotatable bonds is 6. The summed E-state index contributed by atoms with van der Waals surface area (Å²) in [5, 5.41) is 21.8. The molecule has 0 aromatic rings. The second-order valence-electron chi connectivity index (χ2n) is 12.4. The van der Waals surface area contributed by atoms with Gasteiger partial charge in [-0.25, -0.2) is 0 Å². The zero-order valence-corrected chi connectivity index (χ0v) is 21.5. The Bertz CT molecular complexity index is 795. The largest absolute Gasteiger partial charge is 0.465 e. The number of hydrogen-bond donors (Lipinski definition) is 2. The minimum atomic E-state index is -0.454. The molecule has 0 heterocycles. The van der Waals surface area contributed by atoms with E-state index in [2.05, 4.69) is 39.8 Å². The third-order valence-corrected chi connectivity index (χ3v) is 10.3. The van der Waals surface area contributed by atoms with Crippen LogP contribution in [0.3, 0.4) is 0 Å². The molecule has 0 amide bonds. The van der Waals surface area contributed by atoms with Gasteiger partial charge in [-0.2, -0.15) is 0 Å². The number of allylic oxidation sites excluding steroid dienone is 2. The Balaban J connectivity index is 1.60. The van der Waals surface area contributed by atoms with Gasteiger partial charge in [0, 0.05) is 12.3 Å². The molecule has 186 valence electrons.